The summed E-state index contributed by atoms with van der Waals surface area (Å²) >= 11 is 0. The molecule has 2 aromatic carbocycles. The van der Waals surface area contributed by atoms with Gasteiger partial charge >= 0.3 is 5.97 Å². The molecule has 0 bridgehead atoms. The van der Waals surface area contributed by atoms with Gasteiger partial charge in [0.05, 0.1) is 13.2 Å². The average molecular weight is 383 g/mol. The molecule has 0 saturated carbocycles. The maximum absolute atomic E-state index is 13.0. The summed E-state index contributed by atoms with van der Waals surface area (Å²) < 4.78 is 16.4. The molecular weight excluding hydrogens is 358 g/mol. The smallest absolute Gasteiger partial charge is 0.345 e. The van der Waals surface area contributed by atoms with Gasteiger partial charge in [-0.1, -0.05) is 36.4 Å². The summed E-state index contributed by atoms with van der Waals surface area (Å²) in [5, 5.41) is 0. The number of carbonyl (C=O) groups is 2. The number of nitrogens with zero attached hydrogens (tertiary/aromatic N) is 1. The molecule has 0 aromatic heterocycles. The second-order valence-corrected chi connectivity index (χ2v) is 6.83. The molecule has 0 spiro atoms. The molecule has 1 aliphatic rings. The van der Waals surface area contributed by atoms with Gasteiger partial charge in [-0.2, -0.15) is 0 Å². The molecule has 1 amide bonds. The average Bonchev–Trinajstić information content (AvgIpc) is 2.70. The number of carbonyl (C=O) groups excluding carboxylic acids is 2. The first-order valence-electron chi connectivity index (χ1n) is 9.35. The van der Waals surface area contributed by atoms with Crippen molar-refractivity contribution in [2.45, 2.75) is 20.0 Å². The molecule has 148 valence electrons. The van der Waals surface area contributed by atoms with Gasteiger partial charge in [0.15, 0.2) is 6.61 Å². The Hall–Kier alpha value is -2.86. The standard InChI is InChI=1S/C22H25NO5/c1-16-12-17(2)14-19(13-16)27-15-20(24)28-21(18-6-4-3-5-7-18)22(25)23-8-10-26-11-9-23/h3-7,12-14,21H,8-11,15H2,1-2H3/t21-/m1/s1. The van der Waals surface area contributed by atoms with Crippen molar-refractivity contribution in [3.05, 3.63) is 65.2 Å². The highest BCUT2D eigenvalue weighted by atomic mass is 16.6. The minimum absolute atomic E-state index is 0.241. The molecule has 2 aromatic rings. The van der Waals surface area contributed by atoms with E-state index in [1.54, 1.807) is 17.0 Å². The number of morpholine rings is 1. The van der Waals surface area contributed by atoms with E-state index in [9.17, 15) is 9.59 Å². The van der Waals surface area contributed by atoms with Crippen molar-refractivity contribution in [3.63, 3.8) is 0 Å². The Labute approximate surface area is 165 Å². The largest absolute Gasteiger partial charge is 0.482 e. The Morgan fingerprint density at radius 1 is 1.04 bits per heavy atom. The van der Waals surface area contributed by atoms with Gasteiger partial charge in [0, 0.05) is 18.7 Å². The van der Waals surface area contributed by atoms with Crippen molar-refractivity contribution in [2.24, 2.45) is 0 Å². The number of aryl methyl sites for hydroxylation is 2. The van der Waals surface area contributed by atoms with Gasteiger partial charge < -0.3 is 19.1 Å². The van der Waals surface area contributed by atoms with Crippen LogP contribution in [0.3, 0.4) is 0 Å². The molecule has 28 heavy (non-hydrogen) atoms. The Balaban J connectivity index is 1.68. The summed E-state index contributed by atoms with van der Waals surface area (Å²) in [6, 6.07) is 14.8. The van der Waals surface area contributed by atoms with Crippen molar-refractivity contribution in [2.75, 3.05) is 32.9 Å². The van der Waals surface area contributed by atoms with E-state index in [1.165, 1.54) is 0 Å². The molecule has 1 saturated heterocycles. The summed E-state index contributed by atoms with van der Waals surface area (Å²) in [5.74, 6) is -0.228. The molecule has 0 N–H and O–H groups in total. The van der Waals surface area contributed by atoms with Crippen molar-refractivity contribution in [1.29, 1.82) is 0 Å². The third-order valence-electron chi connectivity index (χ3n) is 4.45. The number of ether oxygens (including phenoxy) is 3. The lowest BCUT2D eigenvalue weighted by atomic mass is 10.1. The zero-order valence-corrected chi connectivity index (χ0v) is 16.2. The normalized spacial score (nSPS) is 15.0. The molecule has 1 atom stereocenters. The molecule has 0 aliphatic carbocycles. The fourth-order valence-electron chi connectivity index (χ4n) is 3.16. The van der Waals surface area contributed by atoms with E-state index in [1.807, 2.05) is 50.2 Å². The molecule has 0 radical (unpaired) electrons. The summed E-state index contributed by atoms with van der Waals surface area (Å²) in [5.41, 5.74) is 2.74. The summed E-state index contributed by atoms with van der Waals surface area (Å²) in [7, 11) is 0. The minimum atomic E-state index is -0.991. The predicted molar refractivity (Wildman–Crippen MR) is 104 cm³/mol. The van der Waals surface area contributed by atoms with Crippen molar-refractivity contribution < 1.29 is 23.8 Å². The third-order valence-corrected chi connectivity index (χ3v) is 4.45. The monoisotopic (exact) mass is 383 g/mol. The van der Waals surface area contributed by atoms with Gasteiger partial charge in [0.1, 0.15) is 5.75 Å². The molecule has 6 nitrogen and oxygen atoms in total. The summed E-state index contributed by atoms with van der Waals surface area (Å²) in [6.07, 6.45) is -0.991. The van der Waals surface area contributed by atoms with Crippen molar-refractivity contribution in [1.82, 2.24) is 4.90 Å². The maximum atomic E-state index is 13.0. The first-order valence-corrected chi connectivity index (χ1v) is 9.35. The molecule has 0 unspecified atom stereocenters. The summed E-state index contributed by atoms with van der Waals surface area (Å²) in [6.45, 7) is 5.60. The first-order chi connectivity index (χ1) is 13.5. The van der Waals surface area contributed by atoms with E-state index < -0.39 is 12.1 Å². The predicted octanol–water partition coefficient (Wildman–Crippen LogP) is 2.83. The van der Waals surface area contributed by atoms with Gasteiger partial charge in [-0.05, 0) is 37.1 Å². The topological polar surface area (TPSA) is 65.1 Å². The highest BCUT2D eigenvalue weighted by molar-refractivity contribution is 5.85. The van der Waals surface area contributed by atoms with Crippen LogP contribution in [0.1, 0.15) is 22.8 Å². The Bertz CT molecular complexity index is 795. The Morgan fingerprint density at radius 2 is 1.68 bits per heavy atom. The van der Waals surface area contributed by atoms with E-state index in [0.29, 0.717) is 37.6 Å². The van der Waals surface area contributed by atoms with Crippen LogP contribution in [-0.4, -0.2) is 49.7 Å². The lowest BCUT2D eigenvalue weighted by Crippen LogP contribution is -2.44. The number of rotatable bonds is 6. The second-order valence-electron chi connectivity index (χ2n) is 6.83. The molecule has 6 heteroatoms. The Morgan fingerprint density at radius 3 is 2.32 bits per heavy atom. The number of benzene rings is 2. The lowest BCUT2D eigenvalue weighted by Gasteiger charge is -2.30. The van der Waals surface area contributed by atoms with Crippen molar-refractivity contribution >= 4 is 11.9 Å². The zero-order valence-electron chi connectivity index (χ0n) is 16.2. The number of amides is 1. The molecule has 1 aliphatic heterocycles. The number of esters is 1. The summed E-state index contributed by atoms with van der Waals surface area (Å²) in [4.78, 5) is 27.0. The quantitative estimate of drug-likeness (QED) is 0.718. The lowest BCUT2D eigenvalue weighted by molar-refractivity contribution is -0.164. The van der Waals surface area contributed by atoms with E-state index in [0.717, 1.165) is 11.1 Å². The highest BCUT2D eigenvalue weighted by Gasteiger charge is 2.30. The van der Waals surface area contributed by atoms with Gasteiger partial charge in [-0.15, -0.1) is 0 Å². The zero-order chi connectivity index (χ0) is 19.9. The van der Waals surface area contributed by atoms with Crippen LogP contribution in [0.4, 0.5) is 0 Å². The van der Waals surface area contributed by atoms with Crippen LogP contribution in [-0.2, 0) is 19.1 Å². The van der Waals surface area contributed by atoms with Gasteiger partial charge in [-0.3, -0.25) is 4.79 Å². The van der Waals surface area contributed by atoms with Crippen LogP contribution in [0.5, 0.6) is 5.75 Å². The SMILES string of the molecule is Cc1cc(C)cc(OCC(=O)O[C@@H](C(=O)N2CCOCC2)c2ccccc2)c1. The maximum Gasteiger partial charge on any atom is 0.345 e. The molecule has 1 heterocycles. The fourth-order valence-corrected chi connectivity index (χ4v) is 3.16. The number of hydrogen-bond donors (Lipinski definition) is 0. The second kappa shape index (κ2) is 9.37. The van der Waals surface area contributed by atoms with E-state index in [-0.39, 0.29) is 12.5 Å². The number of hydrogen-bond acceptors (Lipinski definition) is 5. The third kappa shape index (κ3) is 5.33. The minimum Gasteiger partial charge on any atom is -0.482 e. The van der Waals surface area contributed by atoms with Crippen LogP contribution in [0.2, 0.25) is 0 Å². The van der Waals surface area contributed by atoms with E-state index >= 15 is 0 Å². The first kappa shape index (κ1) is 19.9. The van der Waals surface area contributed by atoms with Crippen LogP contribution in [0.25, 0.3) is 0 Å². The van der Waals surface area contributed by atoms with Gasteiger partial charge in [-0.25, -0.2) is 4.79 Å². The van der Waals surface area contributed by atoms with Crippen LogP contribution in [0, 0.1) is 13.8 Å². The van der Waals surface area contributed by atoms with Crippen molar-refractivity contribution in [3.8, 4) is 5.75 Å². The van der Waals surface area contributed by atoms with E-state index in [2.05, 4.69) is 0 Å². The fraction of sp³-hybridized carbons (Fsp3) is 0.364. The van der Waals surface area contributed by atoms with Gasteiger partial charge in [0.2, 0.25) is 6.10 Å². The van der Waals surface area contributed by atoms with Crippen LogP contribution in [0.15, 0.2) is 48.5 Å². The molecule has 3 rings (SSSR count). The van der Waals surface area contributed by atoms with E-state index in [4.69, 9.17) is 14.2 Å². The molecular formula is C22H25NO5. The highest BCUT2D eigenvalue weighted by Crippen LogP contribution is 2.22. The van der Waals surface area contributed by atoms with Gasteiger partial charge in [0.25, 0.3) is 5.91 Å². The van der Waals surface area contributed by atoms with Crippen LogP contribution < -0.4 is 4.74 Å². The molecule has 1 fully saturated rings. The Kier molecular flexibility index (Phi) is 6.66. The van der Waals surface area contributed by atoms with Crippen LogP contribution >= 0.6 is 0 Å².